The highest BCUT2D eigenvalue weighted by atomic mass is 32.1. The van der Waals surface area contributed by atoms with Crippen molar-refractivity contribution in [1.82, 2.24) is 5.43 Å². The number of anilines is 1. The van der Waals surface area contributed by atoms with E-state index >= 15 is 0 Å². The molecule has 8 heteroatoms. The number of para-hydroxylation sites is 2. The maximum atomic E-state index is 14.6. The number of rotatable bonds is 4. The fourth-order valence-corrected chi connectivity index (χ4v) is 5.68. The minimum Gasteiger partial charge on any atom is -0.489 e. The molecule has 36 heavy (non-hydrogen) atoms. The second-order valence-electron chi connectivity index (χ2n) is 8.34. The zero-order valence-electron chi connectivity index (χ0n) is 20.5. The summed E-state index contributed by atoms with van der Waals surface area (Å²) < 4.78 is 48.8. The largest absolute Gasteiger partial charge is 0.489 e. The van der Waals surface area contributed by atoms with Crippen molar-refractivity contribution in [2.75, 3.05) is 18.2 Å². The Kier molecular flexibility index (Phi) is 7.54. The van der Waals surface area contributed by atoms with Crippen molar-refractivity contribution in [2.45, 2.75) is 33.6 Å². The van der Waals surface area contributed by atoms with E-state index in [0.29, 0.717) is 40.1 Å². The summed E-state index contributed by atoms with van der Waals surface area (Å²) >= 11 is 1.19. The van der Waals surface area contributed by atoms with Crippen molar-refractivity contribution < 1.29 is 22.7 Å². The Balaban J connectivity index is 0.00000148. The van der Waals surface area contributed by atoms with Gasteiger partial charge < -0.3 is 4.74 Å². The molecule has 1 aliphatic rings. The Morgan fingerprint density at radius 1 is 1.03 bits per heavy atom. The first-order chi connectivity index (χ1) is 17.3. The number of fused-ring (bicyclic) bond motifs is 2. The standard InChI is InChI=1S/C26H21F3N2O2S.C2H6/c1-14(2)22-17-7-5-6-16(18-12-15(27)13-19(28)23(18)29)24(17)34-25(22)26(32)30-31-10-11-33-21-9-4-3-8-20(21)31;1-2/h3-9,12-14H,10-11H2,1-2H3,(H,30,32);1-2H3. The van der Waals surface area contributed by atoms with Crippen molar-refractivity contribution >= 4 is 33.0 Å². The predicted molar refractivity (Wildman–Crippen MR) is 139 cm³/mol. The number of carbonyl (C=O) groups excluding carboxylic acids is 1. The minimum atomic E-state index is -1.25. The van der Waals surface area contributed by atoms with Gasteiger partial charge in [-0.3, -0.25) is 15.2 Å². The van der Waals surface area contributed by atoms with Crippen LogP contribution in [0.4, 0.5) is 18.9 Å². The van der Waals surface area contributed by atoms with Gasteiger partial charge in [0.05, 0.1) is 17.1 Å². The molecule has 0 spiro atoms. The number of nitrogens with zero attached hydrogens (tertiary/aromatic N) is 1. The van der Waals surface area contributed by atoms with E-state index in [1.165, 1.54) is 11.3 Å². The lowest BCUT2D eigenvalue weighted by Gasteiger charge is -2.31. The third-order valence-electron chi connectivity index (χ3n) is 5.79. The Labute approximate surface area is 212 Å². The molecule has 0 saturated carbocycles. The van der Waals surface area contributed by atoms with Gasteiger partial charge in [-0.05, 0) is 35.1 Å². The Morgan fingerprint density at radius 3 is 2.53 bits per heavy atom. The average Bonchev–Trinajstić information content (AvgIpc) is 3.28. The molecule has 5 rings (SSSR count). The first-order valence-electron chi connectivity index (χ1n) is 11.9. The van der Waals surface area contributed by atoms with Crippen LogP contribution >= 0.6 is 11.3 Å². The van der Waals surface area contributed by atoms with Gasteiger partial charge in [0, 0.05) is 21.9 Å². The molecule has 0 saturated heterocycles. The number of hydrazine groups is 1. The van der Waals surface area contributed by atoms with Crippen LogP contribution in [0.15, 0.2) is 54.6 Å². The van der Waals surface area contributed by atoms with Gasteiger partial charge in [-0.25, -0.2) is 13.2 Å². The van der Waals surface area contributed by atoms with Crippen LogP contribution in [0.1, 0.15) is 48.8 Å². The van der Waals surface area contributed by atoms with E-state index in [0.717, 1.165) is 22.7 Å². The number of thiophene rings is 1. The minimum absolute atomic E-state index is 0.0178. The fraction of sp³-hybridized carbons (Fsp3) is 0.250. The van der Waals surface area contributed by atoms with Crippen LogP contribution in [0, 0.1) is 17.5 Å². The third-order valence-corrected chi connectivity index (χ3v) is 7.04. The van der Waals surface area contributed by atoms with E-state index < -0.39 is 17.5 Å². The van der Waals surface area contributed by atoms with Crippen LogP contribution in [-0.4, -0.2) is 19.1 Å². The van der Waals surface area contributed by atoms with Crippen molar-refractivity contribution in [1.29, 1.82) is 0 Å². The highest BCUT2D eigenvalue weighted by Crippen LogP contribution is 2.42. The lowest BCUT2D eigenvalue weighted by molar-refractivity contribution is 0.0948. The molecule has 0 fully saturated rings. The first-order valence-corrected chi connectivity index (χ1v) is 12.7. The average molecular weight is 513 g/mol. The van der Waals surface area contributed by atoms with Crippen LogP contribution < -0.4 is 15.2 Å². The molecular weight excluding hydrogens is 485 g/mol. The molecule has 0 aliphatic carbocycles. The summed E-state index contributed by atoms with van der Waals surface area (Å²) in [6.45, 7) is 8.84. The highest BCUT2D eigenvalue weighted by Gasteiger charge is 2.26. The quantitative estimate of drug-likeness (QED) is 0.285. The maximum absolute atomic E-state index is 14.6. The molecule has 3 aromatic carbocycles. The van der Waals surface area contributed by atoms with Gasteiger partial charge >= 0.3 is 0 Å². The highest BCUT2D eigenvalue weighted by molar-refractivity contribution is 7.21. The number of ether oxygens (including phenoxy) is 1. The topological polar surface area (TPSA) is 41.6 Å². The van der Waals surface area contributed by atoms with E-state index in [1.54, 1.807) is 17.1 Å². The van der Waals surface area contributed by atoms with Crippen LogP contribution in [0.2, 0.25) is 0 Å². The van der Waals surface area contributed by atoms with E-state index in [-0.39, 0.29) is 17.4 Å². The lowest BCUT2D eigenvalue weighted by Crippen LogP contribution is -2.46. The van der Waals surface area contributed by atoms with Crippen LogP contribution in [0.3, 0.4) is 0 Å². The van der Waals surface area contributed by atoms with Gasteiger partial charge in [0.2, 0.25) is 0 Å². The van der Waals surface area contributed by atoms with Crippen LogP contribution in [0.25, 0.3) is 21.2 Å². The number of benzene rings is 3. The molecule has 1 aromatic heterocycles. The SMILES string of the molecule is CC.CC(C)c1c(C(=O)NN2CCOc3ccccc32)sc2c(-c3cc(F)cc(F)c3F)cccc12. The summed E-state index contributed by atoms with van der Waals surface area (Å²) in [4.78, 5) is 13.9. The smallest absolute Gasteiger partial charge is 0.280 e. The van der Waals surface area contributed by atoms with Gasteiger partial charge in [0.25, 0.3) is 5.91 Å². The monoisotopic (exact) mass is 512 g/mol. The second-order valence-corrected chi connectivity index (χ2v) is 9.36. The van der Waals surface area contributed by atoms with E-state index in [1.807, 2.05) is 58.0 Å². The summed E-state index contributed by atoms with van der Waals surface area (Å²) in [5.74, 6) is -2.88. The van der Waals surface area contributed by atoms with E-state index in [9.17, 15) is 18.0 Å². The van der Waals surface area contributed by atoms with Crippen LogP contribution in [0.5, 0.6) is 5.75 Å². The number of hydrogen-bond donors (Lipinski definition) is 1. The molecule has 1 amide bonds. The molecule has 4 nitrogen and oxygen atoms in total. The molecule has 188 valence electrons. The summed E-state index contributed by atoms with van der Waals surface area (Å²) in [5, 5.41) is 2.51. The molecule has 4 aromatic rings. The zero-order valence-corrected chi connectivity index (χ0v) is 21.3. The molecule has 0 unspecified atom stereocenters. The van der Waals surface area contributed by atoms with Crippen LogP contribution in [-0.2, 0) is 0 Å². The first kappa shape index (κ1) is 25.6. The van der Waals surface area contributed by atoms with Gasteiger partial charge in [-0.2, -0.15) is 0 Å². The van der Waals surface area contributed by atoms with Crippen molar-refractivity contribution in [3.63, 3.8) is 0 Å². The fourth-order valence-electron chi connectivity index (χ4n) is 4.30. The Morgan fingerprint density at radius 2 is 1.78 bits per heavy atom. The summed E-state index contributed by atoms with van der Waals surface area (Å²) in [6.07, 6.45) is 0. The molecule has 0 atom stereocenters. The van der Waals surface area contributed by atoms with Crippen molar-refractivity contribution in [3.05, 3.63) is 82.5 Å². The molecule has 0 radical (unpaired) electrons. The number of hydrogen-bond acceptors (Lipinski definition) is 4. The van der Waals surface area contributed by atoms with E-state index in [2.05, 4.69) is 5.43 Å². The molecule has 1 N–H and O–H groups in total. The number of amides is 1. The molecule has 0 bridgehead atoms. The lowest BCUT2D eigenvalue weighted by atomic mass is 9.96. The summed E-state index contributed by atoms with van der Waals surface area (Å²) in [7, 11) is 0. The van der Waals surface area contributed by atoms with Gasteiger partial charge in [0.15, 0.2) is 11.6 Å². The second kappa shape index (κ2) is 10.6. The van der Waals surface area contributed by atoms with Gasteiger partial charge in [0.1, 0.15) is 18.2 Å². The number of nitrogens with one attached hydrogen (secondary N) is 1. The number of carbonyl (C=O) groups is 1. The third kappa shape index (κ3) is 4.65. The van der Waals surface area contributed by atoms with Crippen molar-refractivity contribution in [2.24, 2.45) is 0 Å². The Hall–Kier alpha value is -3.52. The van der Waals surface area contributed by atoms with E-state index in [4.69, 9.17) is 4.74 Å². The molecule has 2 heterocycles. The van der Waals surface area contributed by atoms with Gasteiger partial charge in [-0.15, -0.1) is 11.3 Å². The molecule has 1 aliphatic heterocycles. The summed E-state index contributed by atoms with van der Waals surface area (Å²) in [6, 6.07) is 14.1. The normalized spacial score (nSPS) is 12.6. The zero-order chi connectivity index (χ0) is 26.0. The maximum Gasteiger partial charge on any atom is 0.280 e. The van der Waals surface area contributed by atoms with Gasteiger partial charge in [-0.1, -0.05) is 58.0 Å². The Bertz CT molecular complexity index is 1420. The summed E-state index contributed by atoms with van der Waals surface area (Å²) in [5.41, 5.74) is 4.70. The van der Waals surface area contributed by atoms with Crippen molar-refractivity contribution in [3.8, 4) is 16.9 Å². The number of halogens is 3. The predicted octanol–water partition coefficient (Wildman–Crippen LogP) is 7.68. The molecular formula is C28H27F3N2O2S.